The standard InChI is InChI=1S/C15H18N2O2/c1-3-19-15(18)11-17(2)10-12-6-7-14-13(9-12)5-4-8-16-14/h4-9H,3,10-11H2,1-2H3. The van der Waals surface area contributed by atoms with Crippen LogP contribution in [0.2, 0.25) is 0 Å². The van der Waals surface area contributed by atoms with Gasteiger partial charge in [0.1, 0.15) is 0 Å². The van der Waals surface area contributed by atoms with E-state index < -0.39 is 0 Å². The molecule has 0 saturated heterocycles. The fourth-order valence-corrected chi connectivity index (χ4v) is 2.02. The Morgan fingerprint density at radius 2 is 2.21 bits per heavy atom. The lowest BCUT2D eigenvalue weighted by Crippen LogP contribution is -2.26. The minimum atomic E-state index is -0.188. The van der Waals surface area contributed by atoms with Crippen molar-refractivity contribution in [1.29, 1.82) is 0 Å². The van der Waals surface area contributed by atoms with Gasteiger partial charge in [-0.1, -0.05) is 12.1 Å². The number of esters is 1. The van der Waals surface area contributed by atoms with E-state index in [9.17, 15) is 4.79 Å². The number of nitrogens with zero attached hydrogens (tertiary/aromatic N) is 2. The topological polar surface area (TPSA) is 42.4 Å². The minimum absolute atomic E-state index is 0.188. The summed E-state index contributed by atoms with van der Waals surface area (Å²) in [7, 11) is 1.91. The number of fused-ring (bicyclic) bond motifs is 1. The van der Waals surface area contributed by atoms with Gasteiger partial charge in [-0.3, -0.25) is 14.7 Å². The van der Waals surface area contributed by atoms with Crippen LogP contribution < -0.4 is 0 Å². The summed E-state index contributed by atoms with van der Waals surface area (Å²) in [5.74, 6) is -0.188. The van der Waals surface area contributed by atoms with Crippen molar-refractivity contribution in [3.05, 3.63) is 42.1 Å². The molecule has 4 nitrogen and oxygen atoms in total. The molecule has 0 aliphatic heterocycles. The number of carbonyl (C=O) groups excluding carboxylic acids is 1. The molecule has 0 N–H and O–H groups in total. The molecule has 0 radical (unpaired) electrons. The lowest BCUT2D eigenvalue weighted by atomic mass is 10.1. The normalized spacial score (nSPS) is 10.9. The highest BCUT2D eigenvalue weighted by Gasteiger charge is 2.08. The molecule has 0 aliphatic carbocycles. The zero-order valence-electron chi connectivity index (χ0n) is 11.3. The first-order chi connectivity index (χ1) is 9.19. The van der Waals surface area contributed by atoms with E-state index in [4.69, 9.17) is 4.74 Å². The van der Waals surface area contributed by atoms with E-state index in [2.05, 4.69) is 11.1 Å². The van der Waals surface area contributed by atoms with E-state index >= 15 is 0 Å². The summed E-state index contributed by atoms with van der Waals surface area (Å²) in [6.45, 7) is 3.26. The first-order valence-electron chi connectivity index (χ1n) is 6.37. The number of rotatable bonds is 5. The summed E-state index contributed by atoms with van der Waals surface area (Å²) in [5.41, 5.74) is 2.14. The second-order valence-corrected chi connectivity index (χ2v) is 4.51. The molecule has 0 aliphatic rings. The van der Waals surface area contributed by atoms with Gasteiger partial charge in [-0.2, -0.15) is 0 Å². The van der Waals surface area contributed by atoms with Crippen LogP contribution in [0.5, 0.6) is 0 Å². The predicted molar refractivity (Wildman–Crippen MR) is 74.7 cm³/mol. The quantitative estimate of drug-likeness (QED) is 0.771. The van der Waals surface area contributed by atoms with Gasteiger partial charge in [0.25, 0.3) is 0 Å². The number of hydrogen-bond acceptors (Lipinski definition) is 4. The van der Waals surface area contributed by atoms with Crippen LogP contribution in [0.3, 0.4) is 0 Å². The minimum Gasteiger partial charge on any atom is -0.465 e. The molecule has 0 amide bonds. The van der Waals surface area contributed by atoms with E-state index in [-0.39, 0.29) is 5.97 Å². The third-order valence-corrected chi connectivity index (χ3v) is 2.82. The molecule has 0 atom stereocenters. The molecule has 0 bridgehead atoms. The number of hydrogen-bond donors (Lipinski definition) is 0. The highest BCUT2D eigenvalue weighted by atomic mass is 16.5. The highest BCUT2D eigenvalue weighted by molar-refractivity contribution is 5.78. The molecule has 100 valence electrons. The summed E-state index contributed by atoms with van der Waals surface area (Å²) in [6, 6.07) is 10.1. The maximum absolute atomic E-state index is 11.4. The Hall–Kier alpha value is -1.94. The Kier molecular flexibility index (Phi) is 4.47. The van der Waals surface area contributed by atoms with Crippen molar-refractivity contribution in [3.8, 4) is 0 Å². The Labute approximate surface area is 113 Å². The second-order valence-electron chi connectivity index (χ2n) is 4.51. The molecule has 2 rings (SSSR count). The third kappa shape index (κ3) is 3.76. The summed E-state index contributed by atoms with van der Waals surface area (Å²) in [5, 5.41) is 1.12. The fourth-order valence-electron chi connectivity index (χ4n) is 2.02. The van der Waals surface area contributed by atoms with Crippen molar-refractivity contribution in [2.75, 3.05) is 20.2 Å². The number of carbonyl (C=O) groups is 1. The molecule has 0 saturated carbocycles. The summed E-state index contributed by atoms with van der Waals surface area (Å²) in [4.78, 5) is 17.6. The van der Waals surface area contributed by atoms with Crippen LogP contribution in [0.1, 0.15) is 12.5 Å². The molecule has 19 heavy (non-hydrogen) atoms. The first-order valence-corrected chi connectivity index (χ1v) is 6.37. The van der Waals surface area contributed by atoms with Crippen molar-refractivity contribution >= 4 is 16.9 Å². The molecule has 1 aromatic heterocycles. The van der Waals surface area contributed by atoms with Crippen LogP contribution >= 0.6 is 0 Å². The highest BCUT2D eigenvalue weighted by Crippen LogP contribution is 2.14. The molecule has 0 unspecified atom stereocenters. The van der Waals surface area contributed by atoms with Gasteiger partial charge >= 0.3 is 5.97 Å². The fraction of sp³-hybridized carbons (Fsp3) is 0.333. The molecular formula is C15H18N2O2. The van der Waals surface area contributed by atoms with E-state index in [1.807, 2.05) is 43.1 Å². The SMILES string of the molecule is CCOC(=O)CN(C)Cc1ccc2ncccc2c1. The van der Waals surface area contributed by atoms with Crippen molar-refractivity contribution in [3.63, 3.8) is 0 Å². The Balaban J connectivity index is 2.02. The average Bonchev–Trinajstić information content (AvgIpc) is 2.38. The maximum Gasteiger partial charge on any atom is 0.320 e. The Morgan fingerprint density at radius 1 is 1.37 bits per heavy atom. The number of pyridine rings is 1. The lowest BCUT2D eigenvalue weighted by molar-refractivity contribution is -0.144. The Morgan fingerprint density at radius 3 is 3.00 bits per heavy atom. The van der Waals surface area contributed by atoms with Gasteiger partial charge in [-0.05, 0) is 37.7 Å². The number of likely N-dealkylation sites (N-methyl/N-ethyl adjacent to an activating group) is 1. The molecule has 0 spiro atoms. The van der Waals surface area contributed by atoms with Crippen LogP contribution in [0.4, 0.5) is 0 Å². The first kappa shape index (κ1) is 13.5. The third-order valence-electron chi connectivity index (χ3n) is 2.82. The van der Waals surface area contributed by atoms with Gasteiger partial charge in [0.15, 0.2) is 0 Å². The number of aromatic nitrogens is 1. The summed E-state index contributed by atoms with van der Waals surface area (Å²) >= 11 is 0. The molecule has 4 heteroatoms. The maximum atomic E-state index is 11.4. The number of benzene rings is 1. The molecule has 2 aromatic rings. The zero-order chi connectivity index (χ0) is 13.7. The van der Waals surface area contributed by atoms with Crippen LogP contribution in [0.15, 0.2) is 36.5 Å². The largest absolute Gasteiger partial charge is 0.465 e. The van der Waals surface area contributed by atoms with Crippen molar-refractivity contribution in [1.82, 2.24) is 9.88 Å². The molecule has 1 heterocycles. The van der Waals surface area contributed by atoms with E-state index in [0.717, 1.165) is 16.5 Å². The van der Waals surface area contributed by atoms with Gasteiger partial charge in [-0.15, -0.1) is 0 Å². The van der Waals surface area contributed by atoms with Gasteiger partial charge in [0, 0.05) is 18.1 Å². The Bertz CT molecular complexity index is 569. The van der Waals surface area contributed by atoms with E-state index in [1.165, 1.54) is 0 Å². The number of ether oxygens (including phenoxy) is 1. The van der Waals surface area contributed by atoms with Gasteiger partial charge in [0.2, 0.25) is 0 Å². The average molecular weight is 258 g/mol. The van der Waals surface area contributed by atoms with Crippen molar-refractivity contribution < 1.29 is 9.53 Å². The summed E-state index contributed by atoms with van der Waals surface area (Å²) in [6.07, 6.45) is 1.79. The van der Waals surface area contributed by atoms with Crippen LogP contribution in [-0.4, -0.2) is 36.1 Å². The van der Waals surface area contributed by atoms with Crippen LogP contribution in [0, 0.1) is 0 Å². The van der Waals surface area contributed by atoms with Crippen molar-refractivity contribution in [2.24, 2.45) is 0 Å². The van der Waals surface area contributed by atoms with Crippen molar-refractivity contribution in [2.45, 2.75) is 13.5 Å². The van der Waals surface area contributed by atoms with E-state index in [0.29, 0.717) is 19.7 Å². The monoisotopic (exact) mass is 258 g/mol. The van der Waals surface area contributed by atoms with Crippen LogP contribution in [0.25, 0.3) is 10.9 Å². The van der Waals surface area contributed by atoms with Gasteiger partial charge in [-0.25, -0.2) is 0 Å². The molecular weight excluding hydrogens is 240 g/mol. The van der Waals surface area contributed by atoms with E-state index in [1.54, 1.807) is 6.20 Å². The smallest absolute Gasteiger partial charge is 0.320 e. The zero-order valence-corrected chi connectivity index (χ0v) is 11.3. The van der Waals surface area contributed by atoms with Crippen LogP contribution in [-0.2, 0) is 16.1 Å². The van der Waals surface area contributed by atoms with Gasteiger partial charge < -0.3 is 4.74 Å². The predicted octanol–water partition coefficient (Wildman–Crippen LogP) is 2.23. The van der Waals surface area contributed by atoms with Gasteiger partial charge in [0.05, 0.1) is 18.7 Å². The molecule has 1 aromatic carbocycles. The lowest BCUT2D eigenvalue weighted by Gasteiger charge is -2.15. The summed E-state index contributed by atoms with van der Waals surface area (Å²) < 4.78 is 4.93. The second kappa shape index (κ2) is 6.29. The molecule has 0 fully saturated rings.